The van der Waals surface area contributed by atoms with Gasteiger partial charge in [-0.25, -0.2) is 0 Å². The average molecular weight is 328 g/mol. The van der Waals surface area contributed by atoms with Crippen LogP contribution in [0.25, 0.3) is 0 Å². The van der Waals surface area contributed by atoms with Crippen LogP contribution in [0.4, 0.5) is 0 Å². The number of halogens is 1. The topological polar surface area (TPSA) is 29.9 Å². The van der Waals surface area contributed by atoms with Gasteiger partial charge in [-0.3, -0.25) is 4.68 Å². The molecular weight excluding hydrogens is 302 g/mol. The number of nitrogens with one attached hydrogen (secondary N) is 1. The lowest BCUT2D eigenvalue weighted by molar-refractivity contribution is 0.262. The maximum absolute atomic E-state index is 4.53. The molecule has 0 aliphatic heterocycles. The third-order valence-electron chi connectivity index (χ3n) is 4.11. The molecule has 0 spiro atoms. The average Bonchev–Trinajstić information content (AvgIpc) is 2.79. The molecule has 1 aromatic heterocycles. The molecule has 1 saturated carbocycles. The van der Waals surface area contributed by atoms with E-state index in [4.69, 9.17) is 0 Å². The molecule has 1 heterocycles. The lowest BCUT2D eigenvalue weighted by Crippen LogP contribution is -2.32. The molecule has 0 amide bonds. The summed E-state index contributed by atoms with van der Waals surface area (Å²) in [5.41, 5.74) is 1.36. The van der Waals surface area contributed by atoms with Crippen molar-refractivity contribution in [2.75, 3.05) is 6.54 Å². The fourth-order valence-corrected chi connectivity index (χ4v) is 3.79. The van der Waals surface area contributed by atoms with Crippen LogP contribution in [-0.4, -0.2) is 16.3 Å². The summed E-state index contributed by atoms with van der Waals surface area (Å²) in [7, 11) is 0. The molecule has 4 heteroatoms. The fourth-order valence-electron chi connectivity index (χ4n) is 3.25. The minimum atomic E-state index is 0.453. The van der Waals surface area contributed by atoms with E-state index in [1.165, 1.54) is 37.8 Å². The molecule has 19 heavy (non-hydrogen) atoms. The second-order valence-electron chi connectivity index (χ2n) is 5.53. The van der Waals surface area contributed by atoms with E-state index in [9.17, 15) is 0 Å². The number of hydrogen-bond donors (Lipinski definition) is 1. The van der Waals surface area contributed by atoms with Gasteiger partial charge in [0.2, 0.25) is 0 Å². The van der Waals surface area contributed by atoms with E-state index < -0.39 is 0 Å². The quantitative estimate of drug-likeness (QED) is 0.844. The second-order valence-corrected chi connectivity index (χ2v) is 6.39. The largest absolute Gasteiger partial charge is 0.309 e. The Labute approximate surface area is 125 Å². The van der Waals surface area contributed by atoms with E-state index in [2.05, 4.69) is 44.9 Å². The lowest BCUT2D eigenvalue weighted by atomic mass is 9.82. The third kappa shape index (κ3) is 3.60. The molecule has 0 radical (unpaired) electrons. The van der Waals surface area contributed by atoms with Gasteiger partial charge >= 0.3 is 0 Å². The number of rotatable bonds is 6. The molecule has 3 nitrogen and oxygen atoms in total. The molecule has 0 saturated heterocycles. The van der Waals surface area contributed by atoms with Crippen LogP contribution in [0.1, 0.15) is 64.1 Å². The summed E-state index contributed by atoms with van der Waals surface area (Å²) in [6.45, 7) is 6.44. The van der Waals surface area contributed by atoms with Gasteiger partial charge in [0, 0.05) is 6.54 Å². The zero-order chi connectivity index (χ0) is 13.7. The predicted molar refractivity (Wildman–Crippen MR) is 83.2 cm³/mol. The molecule has 1 aliphatic rings. The van der Waals surface area contributed by atoms with Crippen LogP contribution in [0.5, 0.6) is 0 Å². The van der Waals surface area contributed by atoms with Crippen molar-refractivity contribution in [1.82, 2.24) is 15.1 Å². The van der Waals surface area contributed by atoms with Crippen LogP contribution in [0.15, 0.2) is 10.7 Å². The lowest BCUT2D eigenvalue weighted by Gasteiger charge is -2.31. The summed E-state index contributed by atoms with van der Waals surface area (Å²) in [6, 6.07) is 0.453. The van der Waals surface area contributed by atoms with Gasteiger partial charge < -0.3 is 5.32 Å². The first-order valence-electron chi connectivity index (χ1n) is 7.72. The Hall–Kier alpha value is -0.350. The van der Waals surface area contributed by atoms with E-state index in [0.29, 0.717) is 6.04 Å². The van der Waals surface area contributed by atoms with Gasteiger partial charge in [-0.05, 0) is 47.7 Å². The first kappa shape index (κ1) is 15.0. The summed E-state index contributed by atoms with van der Waals surface area (Å²) in [6.07, 6.45) is 9.95. The Morgan fingerprint density at radius 1 is 1.37 bits per heavy atom. The number of aryl methyl sites for hydroxylation is 1. The Morgan fingerprint density at radius 3 is 2.74 bits per heavy atom. The fraction of sp³-hybridized carbons (Fsp3) is 0.800. The van der Waals surface area contributed by atoms with Gasteiger partial charge in [0.15, 0.2) is 0 Å². The molecule has 1 unspecified atom stereocenters. The van der Waals surface area contributed by atoms with Crippen LogP contribution in [-0.2, 0) is 6.54 Å². The summed E-state index contributed by atoms with van der Waals surface area (Å²) >= 11 is 3.70. The van der Waals surface area contributed by atoms with Crippen molar-refractivity contribution >= 4 is 15.9 Å². The van der Waals surface area contributed by atoms with E-state index >= 15 is 0 Å². The highest BCUT2D eigenvalue weighted by Crippen LogP contribution is 2.37. The van der Waals surface area contributed by atoms with E-state index in [1.54, 1.807) is 0 Å². The van der Waals surface area contributed by atoms with Crippen molar-refractivity contribution in [2.24, 2.45) is 5.92 Å². The standard InChI is InChI=1S/C15H26BrN3/c1-3-10-19-15(13(16)11-18-19)14(17-4-2)12-8-6-5-7-9-12/h11-12,14,17H,3-10H2,1-2H3. The van der Waals surface area contributed by atoms with E-state index in [1.807, 2.05) is 6.20 Å². The summed E-state index contributed by atoms with van der Waals surface area (Å²) in [5.74, 6) is 0.761. The van der Waals surface area contributed by atoms with E-state index in [-0.39, 0.29) is 0 Å². The zero-order valence-corrected chi connectivity index (χ0v) is 13.7. The highest BCUT2D eigenvalue weighted by atomic mass is 79.9. The Kier molecular flexibility index (Phi) is 5.89. The Morgan fingerprint density at radius 2 is 2.11 bits per heavy atom. The minimum absolute atomic E-state index is 0.453. The van der Waals surface area contributed by atoms with Crippen LogP contribution in [0.2, 0.25) is 0 Å². The van der Waals surface area contributed by atoms with Crippen molar-refractivity contribution in [1.29, 1.82) is 0 Å². The van der Waals surface area contributed by atoms with E-state index in [0.717, 1.165) is 29.9 Å². The maximum Gasteiger partial charge on any atom is 0.0698 e. The molecule has 1 atom stereocenters. The highest BCUT2D eigenvalue weighted by Gasteiger charge is 2.28. The molecule has 108 valence electrons. The van der Waals surface area contributed by atoms with Gasteiger partial charge in [-0.2, -0.15) is 5.10 Å². The van der Waals surface area contributed by atoms with Crippen LogP contribution in [0.3, 0.4) is 0 Å². The van der Waals surface area contributed by atoms with Crippen molar-refractivity contribution < 1.29 is 0 Å². The monoisotopic (exact) mass is 327 g/mol. The number of nitrogens with zero attached hydrogens (tertiary/aromatic N) is 2. The summed E-state index contributed by atoms with van der Waals surface area (Å²) in [4.78, 5) is 0. The molecular formula is C15H26BrN3. The summed E-state index contributed by atoms with van der Waals surface area (Å²) in [5, 5.41) is 8.24. The number of hydrogen-bond acceptors (Lipinski definition) is 2. The molecule has 2 rings (SSSR count). The summed E-state index contributed by atoms with van der Waals surface area (Å²) < 4.78 is 3.35. The molecule has 1 aliphatic carbocycles. The molecule has 1 aromatic rings. The smallest absolute Gasteiger partial charge is 0.0698 e. The number of aromatic nitrogens is 2. The normalized spacial score (nSPS) is 18.7. The van der Waals surface area contributed by atoms with Gasteiger partial charge in [0.25, 0.3) is 0 Å². The molecule has 0 aromatic carbocycles. The van der Waals surface area contributed by atoms with Gasteiger partial charge in [0.05, 0.1) is 22.4 Å². The molecule has 1 N–H and O–H groups in total. The van der Waals surface area contributed by atoms with Gasteiger partial charge in [0.1, 0.15) is 0 Å². The maximum atomic E-state index is 4.53. The third-order valence-corrected chi connectivity index (χ3v) is 4.72. The van der Waals surface area contributed by atoms with Gasteiger partial charge in [-0.15, -0.1) is 0 Å². The Balaban J connectivity index is 2.24. The van der Waals surface area contributed by atoms with Crippen molar-refractivity contribution in [3.8, 4) is 0 Å². The van der Waals surface area contributed by atoms with Crippen molar-refractivity contribution in [3.05, 3.63) is 16.4 Å². The molecule has 0 bridgehead atoms. The van der Waals surface area contributed by atoms with Gasteiger partial charge in [-0.1, -0.05) is 33.1 Å². The first-order chi connectivity index (χ1) is 9.27. The predicted octanol–water partition coefficient (Wildman–Crippen LogP) is 4.29. The molecule has 1 fully saturated rings. The van der Waals surface area contributed by atoms with Crippen LogP contribution >= 0.6 is 15.9 Å². The highest BCUT2D eigenvalue weighted by molar-refractivity contribution is 9.10. The van der Waals surface area contributed by atoms with Crippen LogP contribution in [0, 0.1) is 5.92 Å². The minimum Gasteiger partial charge on any atom is -0.309 e. The second kappa shape index (κ2) is 7.44. The zero-order valence-electron chi connectivity index (χ0n) is 12.2. The first-order valence-corrected chi connectivity index (χ1v) is 8.51. The SMILES string of the molecule is CCCn1ncc(Br)c1C(NCC)C1CCCCC1. The van der Waals surface area contributed by atoms with Crippen molar-refractivity contribution in [2.45, 2.75) is 65.0 Å². The van der Waals surface area contributed by atoms with Crippen molar-refractivity contribution in [3.63, 3.8) is 0 Å². The Bertz CT molecular complexity index is 383. The van der Waals surface area contributed by atoms with Crippen LogP contribution < -0.4 is 5.32 Å².